The normalized spacial score (nSPS) is 16.9. The molecule has 1 aromatic rings. The molecule has 4 heteroatoms. The number of hydrogen-bond acceptors (Lipinski definition) is 4. The standard InChI is InChI=1S/C15H22N2O2/c1-2-19-14-6-3-5-13(11-14)15(18)12-17-9-4-7-16-8-10-17/h3,5-6,11,16H,2,4,7-10,12H2,1H3. The number of carbonyl (C=O) groups excluding carboxylic acids is 1. The molecule has 2 rings (SSSR count). The van der Waals surface area contributed by atoms with Crippen LogP contribution in [0.25, 0.3) is 0 Å². The molecular formula is C15H22N2O2. The third-order valence-electron chi connectivity index (χ3n) is 3.27. The number of carbonyl (C=O) groups is 1. The van der Waals surface area contributed by atoms with Crippen molar-refractivity contribution in [1.82, 2.24) is 10.2 Å². The van der Waals surface area contributed by atoms with E-state index in [4.69, 9.17) is 4.74 Å². The van der Waals surface area contributed by atoms with Gasteiger partial charge >= 0.3 is 0 Å². The predicted molar refractivity (Wildman–Crippen MR) is 75.9 cm³/mol. The molecule has 1 N–H and O–H groups in total. The summed E-state index contributed by atoms with van der Waals surface area (Å²) in [5.74, 6) is 0.939. The van der Waals surface area contributed by atoms with Gasteiger partial charge in [-0.1, -0.05) is 12.1 Å². The maximum Gasteiger partial charge on any atom is 0.176 e. The Morgan fingerprint density at radius 2 is 2.26 bits per heavy atom. The SMILES string of the molecule is CCOc1cccc(C(=O)CN2CCCNCC2)c1. The molecular weight excluding hydrogens is 240 g/mol. The second-order valence-corrected chi connectivity index (χ2v) is 4.76. The largest absolute Gasteiger partial charge is 0.494 e. The molecule has 0 aliphatic carbocycles. The highest BCUT2D eigenvalue weighted by atomic mass is 16.5. The fraction of sp³-hybridized carbons (Fsp3) is 0.533. The van der Waals surface area contributed by atoms with Crippen molar-refractivity contribution < 1.29 is 9.53 Å². The van der Waals surface area contributed by atoms with E-state index in [2.05, 4.69) is 10.2 Å². The number of nitrogens with zero attached hydrogens (tertiary/aromatic N) is 1. The van der Waals surface area contributed by atoms with Gasteiger partial charge in [-0.05, 0) is 38.6 Å². The summed E-state index contributed by atoms with van der Waals surface area (Å²) in [5.41, 5.74) is 0.739. The van der Waals surface area contributed by atoms with Gasteiger partial charge in [0, 0.05) is 18.7 Å². The van der Waals surface area contributed by atoms with Gasteiger partial charge in [0.25, 0.3) is 0 Å². The van der Waals surface area contributed by atoms with Crippen LogP contribution in [0.3, 0.4) is 0 Å². The highest BCUT2D eigenvalue weighted by molar-refractivity contribution is 5.97. The molecule has 1 fully saturated rings. The second kappa shape index (κ2) is 7.26. The van der Waals surface area contributed by atoms with Crippen LogP contribution in [0.1, 0.15) is 23.7 Å². The van der Waals surface area contributed by atoms with E-state index in [1.807, 2.05) is 31.2 Å². The van der Waals surface area contributed by atoms with Crippen LogP contribution in [0, 0.1) is 0 Å². The van der Waals surface area contributed by atoms with Crippen molar-refractivity contribution in [3.8, 4) is 5.75 Å². The summed E-state index contributed by atoms with van der Waals surface area (Å²) in [6.45, 7) is 7.00. The minimum absolute atomic E-state index is 0.170. The Morgan fingerprint density at radius 3 is 3.11 bits per heavy atom. The molecule has 1 aromatic carbocycles. The number of benzene rings is 1. The lowest BCUT2D eigenvalue weighted by atomic mass is 10.1. The van der Waals surface area contributed by atoms with Gasteiger partial charge in [0.2, 0.25) is 0 Å². The first kappa shape index (κ1) is 14.0. The molecule has 1 aliphatic rings. The van der Waals surface area contributed by atoms with Crippen LogP contribution in [0.15, 0.2) is 24.3 Å². The highest BCUT2D eigenvalue weighted by Gasteiger charge is 2.14. The molecule has 1 aliphatic heterocycles. The minimum Gasteiger partial charge on any atom is -0.494 e. The van der Waals surface area contributed by atoms with Gasteiger partial charge in [-0.25, -0.2) is 0 Å². The summed E-state index contributed by atoms with van der Waals surface area (Å²) in [5, 5.41) is 3.34. The van der Waals surface area contributed by atoms with Crippen LogP contribution in [-0.4, -0.2) is 50.0 Å². The maximum atomic E-state index is 12.3. The number of Topliss-reactive ketones (excluding diaryl/α,β-unsaturated/α-hetero) is 1. The Balaban J connectivity index is 1.96. The number of ketones is 1. The molecule has 0 unspecified atom stereocenters. The molecule has 1 heterocycles. The van der Waals surface area contributed by atoms with Gasteiger partial charge in [-0.15, -0.1) is 0 Å². The van der Waals surface area contributed by atoms with Gasteiger partial charge in [-0.2, -0.15) is 0 Å². The molecule has 1 saturated heterocycles. The Hall–Kier alpha value is -1.39. The summed E-state index contributed by atoms with van der Waals surface area (Å²) in [6, 6.07) is 7.46. The third-order valence-corrected chi connectivity index (χ3v) is 3.27. The quantitative estimate of drug-likeness (QED) is 0.818. The summed E-state index contributed by atoms with van der Waals surface area (Å²) in [7, 11) is 0. The summed E-state index contributed by atoms with van der Waals surface area (Å²) >= 11 is 0. The Kier molecular flexibility index (Phi) is 5.36. The van der Waals surface area contributed by atoms with E-state index in [-0.39, 0.29) is 5.78 Å². The van der Waals surface area contributed by atoms with Crippen molar-refractivity contribution in [1.29, 1.82) is 0 Å². The Bertz CT molecular complexity index is 412. The molecule has 19 heavy (non-hydrogen) atoms. The molecule has 0 radical (unpaired) electrons. The van der Waals surface area contributed by atoms with Crippen LogP contribution in [0.5, 0.6) is 5.75 Å². The van der Waals surface area contributed by atoms with Crippen LogP contribution in [0.2, 0.25) is 0 Å². The van der Waals surface area contributed by atoms with Crippen molar-refractivity contribution >= 4 is 5.78 Å². The molecule has 0 aromatic heterocycles. The lowest BCUT2D eigenvalue weighted by molar-refractivity contribution is 0.0934. The number of rotatable bonds is 5. The number of hydrogen-bond donors (Lipinski definition) is 1. The number of nitrogens with one attached hydrogen (secondary N) is 1. The monoisotopic (exact) mass is 262 g/mol. The minimum atomic E-state index is 0.170. The van der Waals surface area contributed by atoms with Crippen LogP contribution in [-0.2, 0) is 0 Å². The summed E-state index contributed by atoms with van der Waals surface area (Å²) < 4.78 is 5.43. The van der Waals surface area contributed by atoms with Gasteiger partial charge in [0.15, 0.2) is 5.78 Å². The lowest BCUT2D eigenvalue weighted by Crippen LogP contribution is -2.33. The molecule has 104 valence electrons. The predicted octanol–water partition coefficient (Wildman–Crippen LogP) is 1.56. The molecule has 0 saturated carbocycles. The van der Waals surface area contributed by atoms with E-state index in [1.165, 1.54) is 0 Å². The van der Waals surface area contributed by atoms with E-state index < -0.39 is 0 Å². The van der Waals surface area contributed by atoms with E-state index in [1.54, 1.807) is 0 Å². The second-order valence-electron chi connectivity index (χ2n) is 4.76. The highest BCUT2D eigenvalue weighted by Crippen LogP contribution is 2.14. The molecule has 0 atom stereocenters. The first-order chi connectivity index (χ1) is 9.29. The van der Waals surface area contributed by atoms with Crippen LogP contribution >= 0.6 is 0 Å². The van der Waals surface area contributed by atoms with Crippen molar-refractivity contribution in [2.24, 2.45) is 0 Å². The third kappa shape index (κ3) is 4.33. The van der Waals surface area contributed by atoms with E-state index in [0.717, 1.165) is 43.9 Å². The van der Waals surface area contributed by atoms with Gasteiger partial charge in [-0.3, -0.25) is 9.69 Å². The van der Waals surface area contributed by atoms with E-state index in [9.17, 15) is 4.79 Å². The van der Waals surface area contributed by atoms with Gasteiger partial charge in [0.05, 0.1) is 13.2 Å². The smallest absolute Gasteiger partial charge is 0.176 e. The van der Waals surface area contributed by atoms with Crippen molar-refractivity contribution in [3.63, 3.8) is 0 Å². The summed E-state index contributed by atoms with van der Waals surface area (Å²) in [6.07, 6.45) is 1.10. The maximum absolute atomic E-state index is 12.3. The lowest BCUT2D eigenvalue weighted by Gasteiger charge is -2.18. The van der Waals surface area contributed by atoms with Crippen LogP contribution in [0.4, 0.5) is 0 Å². The average molecular weight is 262 g/mol. The Morgan fingerprint density at radius 1 is 1.37 bits per heavy atom. The first-order valence-electron chi connectivity index (χ1n) is 6.98. The summed E-state index contributed by atoms with van der Waals surface area (Å²) in [4.78, 5) is 14.5. The van der Waals surface area contributed by atoms with Crippen LogP contribution < -0.4 is 10.1 Å². The molecule has 4 nitrogen and oxygen atoms in total. The fourth-order valence-corrected chi connectivity index (χ4v) is 2.28. The Labute approximate surface area is 114 Å². The molecule has 0 amide bonds. The first-order valence-corrected chi connectivity index (χ1v) is 6.98. The topological polar surface area (TPSA) is 41.6 Å². The average Bonchev–Trinajstić information content (AvgIpc) is 2.68. The molecule has 0 bridgehead atoms. The zero-order valence-corrected chi connectivity index (χ0v) is 11.5. The van der Waals surface area contributed by atoms with Crippen molar-refractivity contribution in [3.05, 3.63) is 29.8 Å². The van der Waals surface area contributed by atoms with Gasteiger partial charge < -0.3 is 10.1 Å². The van der Waals surface area contributed by atoms with E-state index >= 15 is 0 Å². The fourth-order valence-electron chi connectivity index (χ4n) is 2.28. The van der Waals surface area contributed by atoms with Crippen molar-refractivity contribution in [2.45, 2.75) is 13.3 Å². The van der Waals surface area contributed by atoms with E-state index in [0.29, 0.717) is 13.2 Å². The zero-order valence-electron chi connectivity index (χ0n) is 11.5. The molecule has 0 spiro atoms. The van der Waals surface area contributed by atoms with Crippen molar-refractivity contribution in [2.75, 3.05) is 39.3 Å². The van der Waals surface area contributed by atoms with Gasteiger partial charge in [0.1, 0.15) is 5.75 Å². The number of ether oxygens (including phenoxy) is 1. The zero-order chi connectivity index (χ0) is 13.5.